The van der Waals surface area contributed by atoms with Gasteiger partial charge in [-0.25, -0.2) is 4.98 Å². The van der Waals surface area contributed by atoms with E-state index in [9.17, 15) is 4.79 Å². The van der Waals surface area contributed by atoms with Crippen LogP contribution in [0, 0.1) is 0 Å². The number of likely N-dealkylation sites (N-methyl/N-ethyl adjacent to an activating group) is 1. The Hall–Kier alpha value is -2.64. The molecule has 1 saturated heterocycles. The van der Waals surface area contributed by atoms with Gasteiger partial charge in [0.1, 0.15) is 0 Å². The van der Waals surface area contributed by atoms with E-state index in [1.165, 1.54) is 16.5 Å². The molecule has 0 radical (unpaired) electrons. The number of nitrogens with zero attached hydrogens (tertiary/aromatic N) is 5. The molecular formula is C23H30N6O. The van der Waals surface area contributed by atoms with E-state index in [0.29, 0.717) is 0 Å². The highest BCUT2D eigenvalue weighted by molar-refractivity contribution is 5.83. The molecule has 0 saturated carbocycles. The summed E-state index contributed by atoms with van der Waals surface area (Å²) in [7, 11) is 4.24. The third-order valence-electron chi connectivity index (χ3n) is 6.61. The van der Waals surface area contributed by atoms with Crippen molar-refractivity contribution >= 4 is 16.9 Å². The lowest BCUT2D eigenvalue weighted by Crippen LogP contribution is -2.45. The molecule has 0 atom stereocenters. The maximum Gasteiger partial charge on any atom is 0.255 e. The number of fused-ring (bicyclic) bond motifs is 2. The second kappa shape index (κ2) is 7.89. The van der Waals surface area contributed by atoms with Crippen LogP contribution in [0.3, 0.4) is 0 Å². The van der Waals surface area contributed by atoms with Gasteiger partial charge < -0.3 is 14.4 Å². The van der Waals surface area contributed by atoms with Gasteiger partial charge in [-0.2, -0.15) is 0 Å². The summed E-state index contributed by atoms with van der Waals surface area (Å²) in [6.45, 7) is 6.53. The molecule has 2 aliphatic heterocycles. The number of hydrogen-bond acceptors (Lipinski definition) is 5. The third-order valence-corrected chi connectivity index (χ3v) is 6.61. The highest BCUT2D eigenvalue weighted by Gasteiger charge is 2.22. The first-order chi connectivity index (χ1) is 14.6. The Kier molecular flexibility index (Phi) is 5.08. The molecule has 0 spiro atoms. The second-order valence-electron chi connectivity index (χ2n) is 8.66. The first-order valence-corrected chi connectivity index (χ1v) is 10.9. The molecule has 2 aliphatic rings. The van der Waals surface area contributed by atoms with Gasteiger partial charge in [0.2, 0.25) is 5.95 Å². The van der Waals surface area contributed by atoms with Crippen molar-refractivity contribution in [1.82, 2.24) is 24.3 Å². The molecule has 4 heterocycles. The lowest BCUT2D eigenvalue weighted by atomic mass is 10.1. The zero-order chi connectivity index (χ0) is 20.7. The number of piperazine rings is 1. The zero-order valence-electron chi connectivity index (χ0n) is 17.9. The summed E-state index contributed by atoms with van der Waals surface area (Å²) in [6, 6.07) is 8.56. The minimum atomic E-state index is 0.0425. The quantitative estimate of drug-likeness (QED) is 0.716. The Morgan fingerprint density at radius 3 is 2.60 bits per heavy atom. The van der Waals surface area contributed by atoms with Crippen molar-refractivity contribution < 1.29 is 0 Å². The summed E-state index contributed by atoms with van der Waals surface area (Å²) in [4.78, 5) is 27.8. The zero-order valence-corrected chi connectivity index (χ0v) is 17.9. The Balaban J connectivity index is 1.34. The van der Waals surface area contributed by atoms with Crippen LogP contribution in [0.15, 0.2) is 35.3 Å². The van der Waals surface area contributed by atoms with Crippen LogP contribution in [0.1, 0.15) is 16.8 Å². The first-order valence-electron chi connectivity index (χ1n) is 10.9. The Bertz CT molecular complexity index is 1110. The minimum Gasteiger partial charge on any atom is -0.350 e. The van der Waals surface area contributed by atoms with Crippen LogP contribution < -0.4 is 10.5 Å². The average molecular weight is 407 g/mol. The van der Waals surface area contributed by atoms with E-state index in [0.717, 1.165) is 75.9 Å². The van der Waals surface area contributed by atoms with Crippen molar-refractivity contribution in [1.29, 1.82) is 0 Å². The van der Waals surface area contributed by atoms with E-state index in [1.807, 2.05) is 0 Å². The lowest BCUT2D eigenvalue weighted by Gasteiger charge is -2.32. The standard InChI is InChI=1S/C23H30N6O/c1-26-11-13-29(14-12-26)23-24-20-8-10-28(9-7-19(20)22(30)25-23)16-17-15-27(2)21-6-4-3-5-18(17)21/h3-6,15H,7-14,16H2,1-2H3,(H,24,25,30). The van der Waals surface area contributed by atoms with Crippen molar-refractivity contribution in [2.24, 2.45) is 7.05 Å². The number of anilines is 1. The van der Waals surface area contributed by atoms with Crippen LogP contribution >= 0.6 is 0 Å². The normalized spacial score (nSPS) is 18.5. The van der Waals surface area contributed by atoms with Gasteiger partial charge in [0, 0.05) is 81.9 Å². The van der Waals surface area contributed by atoms with E-state index in [1.54, 1.807) is 0 Å². The maximum atomic E-state index is 12.8. The molecule has 2 aromatic heterocycles. The fourth-order valence-electron chi connectivity index (χ4n) is 4.76. The van der Waals surface area contributed by atoms with Crippen LogP contribution in [0.5, 0.6) is 0 Å². The number of aromatic nitrogens is 3. The highest BCUT2D eigenvalue weighted by atomic mass is 16.1. The number of benzene rings is 1. The SMILES string of the molecule is CN1CCN(c2nc3c(c(=O)[nH]2)CCN(Cc2cn(C)c4ccccc24)CC3)CC1. The molecule has 0 aliphatic carbocycles. The number of aromatic amines is 1. The Labute approximate surface area is 176 Å². The topological polar surface area (TPSA) is 60.4 Å². The molecule has 30 heavy (non-hydrogen) atoms. The van der Waals surface area contributed by atoms with E-state index in [4.69, 9.17) is 4.98 Å². The molecule has 0 unspecified atom stereocenters. The van der Waals surface area contributed by atoms with E-state index < -0.39 is 0 Å². The van der Waals surface area contributed by atoms with Gasteiger partial charge in [-0.15, -0.1) is 0 Å². The van der Waals surface area contributed by atoms with Crippen LogP contribution in [0.25, 0.3) is 10.9 Å². The molecule has 0 bridgehead atoms. The summed E-state index contributed by atoms with van der Waals surface area (Å²) in [6.07, 6.45) is 3.81. The first kappa shape index (κ1) is 19.3. The maximum absolute atomic E-state index is 12.8. The molecule has 5 rings (SSSR count). The highest BCUT2D eigenvalue weighted by Crippen LogP contribution is 2.23. The van der Waals surface area contributed by atoms with E-state index in [-0.39, 0.29) is 5.56 Å². The fraction of sp³-hybridized carbons (Fsp3) is 0.478. The summed E-state index contributed by atoms with van der Waals surface area (Å²) in [5.41, 5.74) is 4.50. The van der Waals surface area contributed by atoms with E-state index >= 15 is 0 Å². The van der Waals surface area contributed by atoms with Crippen LogP contribution in [0.4, 0.5) is 5.95 Å². The van der Waals surface area contributed by atoms with Gasteiger partial charge in [0.05, 0.1) is 5.69 Å². The van der Waals surface area contributed by atoms with Gasteiger partial charge in [-0.1, -0.05) is 18.2 Å². The summed E-state index contributed by atoms with van der Waals surface area (Å²) in [5, 5.41) is 1.31. The molecule has 7 heteroatoms. The summed E-state index contributed by atoms with van der Waals surface area (Å²) >= 11 is 0. The number of H-pyrrole nitrogens is 1. The predicted octanol–water partition coefficient (Wildman–Crippen LogP) is 1.61. The number of hydrogen-bond donors (Lipinski definition) is 1. The Morgan fingerprint density at radius 2 is 1.77 bits per heavy atom. The van der Waals surface area contributed by atoms with Gasteiger partial charge in [0.25, 0.3) is 5.56 Å². The minimum absolute atomic E-state index is 0.0425. The van der Waals surface area contributed by atoms with Gasteiger partial charge >= 0.3 is 0 Å². The number of nitrogens with one attached hydrogen (secondary N) is 1. The smallest absolute Gasteiger partial charge is 0.255 e. The molecule has 7 nitrogen and oxygen atoms in total. The van der Waals surface area contributed by atoms with Crippen LogP contribution in [-0.4, -0.2) is 70.7 Å². The number of aryl methyl sites for hydroxylation is 1. The number of para-hydroxylation sites is 1. The molecule has 1 aromatic carbocycles. The van der Waals surface area contributed by atoms with Crippen LogP contribution in [0.2, 0.25) is 0 Å². The van der Waals surface area contributed by atoms with Gasteiger partial charge in [-0.05, 0) is 25.1 Å². The molecule has 158 valence electrons. The Morgan fingerprint density at radius 1 is 1.00 bits per heavy atom. The molecule has 1 fully saturated rings. The largest absolute Gasteiger partial charge is 0.350 e. The van der Waals surface area contributed by atoms with Crippen molar-refractivity contribution in [3.05, 3.63) is 57.6 Å². The number of rotatable bonds is 3. The monoisotopic (exact) mass is 406 g/mol. The van der Waals surface area contributed by atoms with Gasteiger partial charge in [0.15, 0.2) is 0 Å². The molecule has 1 N–H and O–H groups in total. The predicted molar refractivity (Wildman–Crippen MR) is 120 cm³/mol. The van der Waals surface area contributed by atoms with Crippen molar-refractivity contribution in [3.8, 4) is 0 Å². The van der Waals surface area contributed by atoms with Crippen molar-refractivity contribution in [3.63, 3.8) is 0 Å². The molecule has 3 aromatic rings. The molecule has 0 amide bonds. The lowest BCUT2D eigenvalue weighted by molar-refractivity contribution is 0.279. The third kappa shape index (κ3) is 3.63. The summed E-state index contributed by atoms with van der Waals surface area (Å²) < 4.78 is 2.20. The second-order valence-corrected chi connectivity index (χ2v) is 8.66. The van der Waals surface area contributed by atoms with Crippen molar-refractivity contribution in [2.75, 3.05) is 51.2 Å². The van der Waals surface area contributed by atoms with E-state index in [2.05, 4.69) is 68.8 Å². The van der Waals surface area contributed by atoms with Crippen molar-refractivity contribution in [2.45, 2.75) is 19.4 Å². The van der Waals surface area contributed by atoms with Crippen LogP contribution in [-0.2, 0) is 26.4 Å². The average Bonchev–Trinajstić information content (AvgIpc) is 2.92. The van der Waals surface area contributed by atoms with Gasteiger partial charge in [-0.3, -0.25) is 14.7 Å². The fourth-order valence-corrected chi connectivity index (χ4v) is 4.76. The summed E-state index contributed by atoms with van der Waals surface area (Å²) in [5.74, 6) is 0.745. The molecular weight excluding hydrogens is 376 g/mol.